The van der Waals surface area contributed by atoms with Crippen LogP contribution >= 0.6 is 0 Å². The Labute approximate surface area is 175 Å². The van der Waals surface area contributed by atoms with Crippen LogP contribution in [0.2, 0.25) is 0 Å². The summed E-state index contributed by atoms with van der Waals surface area (Å²) in [5.41, 5.74) is 5.71. The average molecular weight is 417 g/mol. The summed E-state index contributed by atoms with van der Waals surface area (Å²) in [6.07, 6.45) is 1.51. The second-order valence-corrected chi connectivity index (χ2v) is 9.78. The van der Waals surface area contributed by atoms with Crippen molar-refractivity contribution in [3.05, 3.63) is 64.2 Å². The Bertz CT molecular complexity index is 979. The third-order valence-corrected chi connectivity index (χ3v) is 6.22. The summed E-state index contributed by atoms with van der Waals surface area (Å²) in [7, 11) is -3.65. The maximum Gasteiger partial charge on any atom is 0.244 e. The molecule has 0 aliphatic rings. The Kier molecular flexibility index (Phi) is 7.11. The summed E-state index contributed by atoms with van der Waals surface area (Å²) in [5, 5.41) is 3.01. The van der Waals surface area contributed by atoms with Gasteiger partial charge in [0, 0.05) is 0 Å². The second-order valence-electron chi connectivity index (χ2n) is 7.92. The van der Waals surface area contributed by atoms with Crippen LogP contribution in [0.15, 0.2) is 36.4 Å². The summed E-state index contributed by atoms with van der Waals surface area (Å²) >= 11 is 0. The number of aryl methyl sites for hydroxylation is 4. The molecule has 2 aromatic carbocycles. The highest BCUT2D eigenvalue weighted by Gasteiger charge is 2.32. The molecule has 2 aromatic rings. The molecule has 158 valence electrons. The molecule has 2 atom stereocenters. The largest absolute Gasteiger partial charge is 0.348 e. The molecule has 0 aliphatic carbocycles. The van der Waals surface area contributed by atoms with E-state index in [1.165, 1.54) is 4.31 Å². The first-order valence-electron chi connectivity index (χ1n) is 9.89. The van der Waals surface area contributed by atoms with Crippen LogP contribution in [0.3, 0.4) is 0 Å². The normalized spacial score (nSPS) is 13.6. The van der Waals surface area contributed by atoms with E-state index >= 15 is 0 Å². The van der Waals surface area contributed by atoms with E-state index in [1.807, 2.05) is 59.7 Å². The Morgan fingerprint density at radius 1 is 1.00 bits per heavy atom. The quantitative estimate of drug-likeness (QED) is 0.730. The number of nitrogens with zero attached hydrogens (tertiary/aromatic N) is 1. The molecule has 0 unspecified atom stereocenters. The SMILES string of the molecule is CC[C@H](C(=O)N[C@H](C)c1ccc(C)cc1C)N(c1cc(C)cc(C)c1)S(C)(=O)=O. The van der Waals surface area contributed by atoms with Gasteiger partial charge in [-0.3, -0.25) is 9.10 Å². The van der Waals surface area contributed by atoms with Gasteiger partial charge in [0.05, 0.1) is 18.0 Å². The number of rotatable bonds is 7. The molecule has 0 radical (unpaired) electrons. The van der Waals surface area contributed by atoms with Crippen LogP contribution in [-0.2, 0) is 14.8 Å². The first-order valence-corrected chi connectivity index (χ1v) is 11.7. The predicted octanol–water partition coefficient (Wildman–Crippen LogP) is 4.34. The number of hydrogen-bond donors (Lipinski definition) is 1. The van der Waals surface area contributed by atoms with E-state index in [9.17, 15) is 13.2 Å². The Morgan fingerprint density at radius 2 is 1.59 bits per heavy atom. The Hall–Kier alpha value is -2.34. The highest BCUT2D eigenvalue weighted by atomic mass is 32.2. The number of nitrogens with one attached hydrogen (secondary N) is 1. The molecule has 0 fully saturated rings. The van der Waals surface area contributed by atoms with Gasteiger partial charge in [-0.2, -0.15) is 0 Å². The van der Waals surface area contributed by atoms with Gasteiger partial charge >= 0.3 is 0 Å². The van der Waals surface area contributed by atoms with E-state index in [2.05, 4.69) is 11.4 Å². The fraction of sp³-hybridized carbons (Fsp3) is 0.435. The molecule has 2 rings (SSSR count). The number of amides is 1. The van der Waals surface area contributed by atoms with Gasteiger partial charge < -0.3 is 5.32 Å². The van der Waals surface area contributed by atoms with Gasteiger partial charge in [0.2, 0.25) is 15.9 Å². The summed E-state index contributed by atoms with van der Waals surface area (Å²) in [5.74, 6) is -0.301. The maximum absolute atomic E-state index is 13.2. The van der Waals surface area contributed by atoms with E-state index in [1.54, 1.807) is 12.1 Å². The molecule has 0 heterocycles. The van der Waals surface area contributed by atoms with Crippen molar-refractivity contribution in [2.24, 2.45) is 0 Å². The molecular formula is C23H32N2O3S. The lowest BCUT2D eigenvalue weighted by atomic mass is 10.00. The van der Waals surface area contributed by atoms with Crippen LogP contribution in [0.5, 0.6) is 0 Å². The van der Waals surface area contributed by atoms with Gasteiger partial charge in [0.15, 0.2) is 0 Å². The molecule has 1 N–H and O–H groups in total. The number of carbonyl (C=O) groups excluding carboxylic acids is 1. The minimum Gasteiger partial charge on any atom is -0.348 e. The van der Waals surface area contributed by atoms with Gasteiger partial charge in [-0.05, 0) is 75.4 Å². The second kappa shape index (κ2) is 8.99. The zero-order valence-corrected chi connectivity index (χ0v) is 19.2. The topological polar surface area (TPSA) is 66.5 Å². The van der Waals surface area contributed by atoms with E-state index < -0.39 is 16.1 Å². The molecule has 0 saturated carbocycles. The van der Waals surface area contributed by atoms with Crippen LogP contribution in [0.1, 0.15) is 54.1 Å². The van der Waals surface area contributed by atoms with Gasteiger partial charge in [0.1, 0.15) is 6.04 Å². The minimum absolute atomic E-state index is 0.224. The average Bonchev–Trinajstić information content (AvgIpc) is 2.56. The summed E-state index contributed by atoms with van der Waals surface area (Å²) < 4.78 is 26.6. The maximum atomic E-state index is 13.2. The van der Waals surface area contributed by atoms with Gasteiger partial charge in [-0.15, -0.1) is 0 Å². The van der Waals surface area contributed by atoms with Crippen molar-refractivity contribution in [1.82, 2.24) is 5.32 Å². The molecule has 6 heteroatoms. The van der Waals surface area contributed by atoms with Crippen molar-refractivity contribution >= 4 is 21.6 Å². The van der Waals surface area contributed by atoms with Crippen LogP contribution in [0.25, 0.3) is 0 Å². The summed E-state index contributed by atoms with van der Waals surface area (Å²) in [4.78, 5) is 13.2. The minimum atomic E-state index is -3.65. The summed E-state index contributed by atoms with van der Waals surface area (Å²) in [6, 6.07) is 10.6. The molecular weight excluding hydrogens is 384 g/mol. The number of anilines is 1. The van der Waals surface area contributed by atoms with Gasteiger partial charge in [-0.1, -0.05) is 36.8 Å². The Balaban J connectivity index is 2.38. The standard InChI is InChI=1S/C23H32N2O3S/c1-8-22(23(26)24-19(6)21-10-9-15(2)12-18(21)5)25(29(7,27)28)20-13-16(3)11-17(4)14-20/h9-14,19,22H,8H2,1-7H3,(H,24,26)/t19-,22-/m1/s1. The third-order valence-electron chi connectivity index (χ3n) is 5.04. The van der Waals surface area contributed by atoms with Crippen molar-refractivity contribution in [1.29, 1.82) is 0 Å². The number of sulfonamides is 1. The first kappa shape index (κ1) is 22.9. The van der Waals surface area contributed by atoms with Crippen LogP contribution in [-0.4, -0.2) is 26.6 Å². The highest BCUT2D eigenvalue weighted by molar-refractivity contribution is 7.92. The molecule has 5 nitrogen and oxygen atoms in total. The van der Waals surface area contributed by atoms with Crippen molar-refractivity contribution in [3.63, 3.8) is 0 Å². The third kappa shape index (κ3) is 5.60. The lowest BCUT2D eigenvalue weighted by Gasteiger charge is -2.31. The first-order chi connectivity index (χ1) is 13.4. The van der Waals surface area contributed by atoms with Gasteiger partial charge in [0.25, 0.3) is 0 Å². The van der Waals surface area contributed by atoms with Crippen molar-refractivity contribution < 1.29 is 13.2 Å². The van der Waals surface area contributed by atoms with E-state index in [0.717, 1.165) is 34.1 Å². The smallest absolute Gasteiger partial charge is 0.244 e. The van der Waals surface area contributed by atoms with Crippen molar-refractivity contribution in [3.8, 4) is 0 Å². The van der Waals surface area contributed by atoms with Gasteiger partial charge in [-0.25, -0.2) is 8.42 Å². The van der Waals surface area contributed by atoms with E-state index in [0.29, 0.717) is 12.1 Å². The zero-order chi connectivity index (χ0) is 21.9. The monoisotopic (exact) mass is 416 g/mol. The highest BCUT2D eigenvalue weighted by Crippen LogP contribution is 2.26. The van der Waals surface area contributed by atoms with Crippen LogP contribution in [0.4, 0.5) is 5.69 Å². The van der Waals surface area contributed by atoms with E-state index in [-0.39, 0.29) is 11.9 Å². The number of hydrogen-bond acceptors (Lipinski definition) is 3. The fourth-order valence-corrected chi connectivity index (χ4v) is 5.03. The zero-order valence-electron chi connectivity index (χ0n) is 18.4. The van der Waals surface area contributed by atoms with Crippen LogP contribution < -0.4 is 9.62 Å². The van der Waals surface area contributed by atoms with Crippen molar-refractivity contribution in [2.75, 3.05) is 10.6 Å². The molecule has 0 aliphatic heterocycles. The van der Waals surface area contributed by atoms with Crippen molar-refractivity contribution in [2.45, 2.75) is 60.0 Å². The molecule has 0 saturated heterocycles. The molecule has 0 spiro atoms. The van der Waals surface area contributed by atoms with Crippen LogP contribution in [0, 0.1) is 27.7 Å². The predicted molar refractivity (Wildman–Crippen MR) is 120 cm³/mol. The number of carbonyl (C=O) groups is 1. The lowest BCUT2D eigenvalue weighted by Crippen LogP contribution is -2.49. The summed E-state index contributed by atoms with van der Waals surface area (Å²) in [6.45, 7) is 11.6. The lowest BCUT2D eigenvalue weighted by molar-refractivity contribution is -0.122. The molecule has 0 bridgehead atoms. The Morgan fingerprint density at radius 3 is 2.07 bits per heavy atom. The fourth-order valence-electron chi connectivity index (χ4n) is 3.84. The molecule has 0 aromatic heterocycles. The molecule has 1 amide bonds. The molecule has 29 heavy (non-hydrogen) atoms. The van der Waals surface area contributed by atoms with E-state index in [4.69, 9.17) is 0 Å². The number of benzene rings is 2.